The molecule has 0 spiro atoms. The van der Waals surface area contributed by atoms with E-state index in [9.17, 15) is 13.2 Å². The van der Waals surface area contributed by atoms with Gasteiger partial charge in [0.15, 0.2) is 0 Å². The molecule has 9 heteroatoms. The van der Waals surface area contributed by atoms with E-state index in [4.69, 9.17) is 11.6 Å². The maximum Gasteiger partial charge on any atom is 0.271 e. The van der Waals surface area contributed by atoms with E-state index in [0.717, 1.165) is 11.3 Å². The number of hydrogen-bond donors (Lipinski definition) is 2. The molecule has 2 N–H and O–H groups in total. The predicted octanol–water partition coefficient (Wildman–Crippen LogP) is 3.52. The third-order valence-electron chi connectivity index (χ3n) is 3.36. The van der Waals surface area contributed by atoms with Gasteiger partial charge >= 0.3 is 0 Å². The fraction of sp³-hybridized carbons (Fsp3) is 0.125. The van der Waals surface area contributed by atoms with Crippen molar-refractivity contribution in [1.29, 1.82) is 0 Å². The van der Waals surface area contributed by atoms with Crippen molar-refractivity contribution in [2.45, 2.75) is 17.6 Å². The van der Waals surface area contributed by atoms with Gasteiger partial charge in [-0.3, -0.25) is 9.52 Å². The van der Waals surface area contributed by atoms with Crippen LogP contribution in [0.3, 0.4) is 0 Å². The first kappa shape index (κ1) is 17.7. The molecule has 0 unspecified atom stereocenters. The van der Waals surface area contributed by atoms with E-state index in [2.05, 4.69) is 14.7 Å². The minimum absolute atomic E-state index is 0.127. The summed E-state index contributed by atoms with van der Waals surface area (Å²) in [6, 6.07) is 11.1. The lowest BCUT2D eigenvalue weighted by molar-refractivity contribution is 0.603. The van der Waals surface area contributed by atoms with Crippen LogP contribution in [0.4, 0.5) is 5.69 Å². The summed E-state index contributed by atoms with van der Waals surface area (Å²) in [4.78, 5) is 18.8. The zero-order chi connectivity index (χ0) is 18.0. The van der Waals surface area contributed by atoms with E-state index in [0.29, 0.717) is 33.5 Å². The van der Waals surface area contributed by atoms with Crippen molar-refractivity contribution >= 4 is 38.6 Å². The molecule has 0 atom stereocenters. The lowest BCUT2D eigenvalue weighted by Crippen LogP contribution is -2.12. The molecule has 25 heavy (non-hydrogen) atoms. The Morgan fingerprint density at radius 1 is 1.24 bits per heavy atom. The molecule has 2 aromatic heterocycles. The molecular weight excluding hydrogens is 382 g/mol. The molecule has 130 valence electrons. The minimum Gasteiger partial charge on any atom is -0.307 e. The number of H-pyrrole nitrogens is 1. The lowest BCUT2D eigenvalue weighted by atomic mass is 10.2. The first-order valence-corrected chi connectivity index (χ1v) is 10.0. The number of nitrogens with one attached hydrogen (secondary N) is 2. The third kappa shape index (κ3) is 4.09. The molecule has 0 radical (unpaired) electrons. The number of nitrogens with zero attached hydrogens (tertiary/aromatic N) is 1. The molecule has 2 heterocycles. The van der Waals surface area contributed by atoms with Gasteiger partial charge in [-0.2, -0.15) is 0 Å². The first-order valence-electron chi connectivity index (χ1n) is 7.36. The third-order valence-corrected chi connectivity index (χ3v) is 6.46. The van der Waals surface area contributed by atoms with Crippen LogP contribution in [0.1, 0.15) is 12.6 Å². The quantitative estimate of drug-likeness (QED) is 0.691. The van der Waals surface area contributed by atoms with E-state index < -0.39 is 10.0 Å². The van der Waals surface area contributed by atoms with Crippen molar-refractivity contribution in [3.8, 4) is 11.4 Å². The van der Waals surface area contributed by atoms with Crippen LogP contribution < -0.4 is 10.3 Å². The van der Waals surface area contributed by atoms with E-state index in [1.807, 2.05) is 6.92 Å². The molecule has 3 aromatic rings. The topological polar surface area (TPSA) is 91.9 Å². The molecule has 0 fully saturated rings. The maximum absolute atomic E-state index is 12.4. The number of hydrogen-bond acceptors (Lipinski definition) is 5. The number of sulfonamides is 1. The molecule has 0 aliphatic carbocycles. The fourth-order valence-electron chi connectivity index (χ4n) is 2.20. The summed E-state index contributed by atoms with van der Waals surface area (Å²) in [5.41, 5.74) is 1.39. The van der Waals surface area contributed by atoms with Crippen molar-refractivity contribution < 1.29 is 8.42 Å². The van der Waals surface area contributed by atoms with Crippen LogP contribution >= 0.6 is 22.9 Å². The number of aromatic nitrogens is 2. The monoisotopic (exact) mass is 395 g/mol. The first-order chi connectivity index (χ1) is 11.9. The summed E-state index contributed by atoms with van der Waals surface area (Å²) < 4.78 is 27.8. The standard InChI is InChI=1S/C16H14ClN3O3S2/c1-2-11-9-14(21)19-16(18-11)10-4-3-5-12(8-10)20-25(22,23)15-7-6-13(17)24-15/h3-9,20H,2H2,1H3,(H,18,19,21). The Labute approximate surface area is 153 Å². The summed E-state index contributed by atoms with van der Waals surface area (Å²) in [5, 5.41) is 0. The highest BCUT2D eigenvalue weighted by Gasteiger charge is 2.17. The number of aryl methyl sites for hydroxylation is 1. The Balaban J connectivity index is 1.95. The predicted molar refractivity (Wildman–Crippen MR) is 99.8 cm³/mol. The average Bonchev–Trinajstić information content (AvgIpc) is 3.01. The second-order valence-electron chi connectivity index (χ2n) is 5.18. The Hall–Kier alpha value is -2.16. The van der Waals surface area contributed by atoms with Gasteiger partial charge in [0.25, 0.3) is 15.6 Å². The second-order valence-corrected chi connectivity index (χ2v) is 8.81. The van der Waals surface area contributed by atoms with Gasteiger partial charge in [-0.25, -0.2) is 13.4 Å². The Morgan fingerprint density at radius 2 is 2.04 bits per heavy atom. The molecule has 0 amide bonds. The van der Waals surface area contributed by atoms with Crippen LogP contribution in [-0.4, -0.2) is 18.4 Å². The summed E-state index contributed by atoms with van der Waals surface area (Å²) in [7, 11) is -3.72. The van der Waals surface area contributed by atoms with Crippen molar-refractivity contribution in [1.82, 2.24) is 9.97 Å². The smallest absolute Gasteiger partial charge is 0.271 e. The normalized spacial score (nSPS) is 11.4. The molecule has 6 nitrogen and oxygen atoms in total. The van der Waals surface area contributed by atoms with E-state index >= 15 is 0 Å². The molecule has 0 aliphatic heterocycles. The van der Waals surface area contributed by atoms with Crippen LogP contribution in [0.15, 0.2) is 51.5 Å². The number of thiophene rings is 1. The zero-order valence-corrected chi connectivity index (χ0v) is 15.5. The lowest BCUT2D eigenvalue weighted by Gasteiger charge is -2.08. The van der Waals surface area contributed by atoms with Crippen LogP contribution in [-0.2, 0) is 16.4 Å². The van der Waals surface area contributed by atoms with Crippen molar-refractivity contribution in [2.24, 2.45) is 0 Å². The van der Waals surface area contributed by atoms with Gasteiger partial charge in [0.1, 0.15) is 10.0 Å². The van der Waals surface area contributed by atoms with E-state index in [1.165, 1.54) is 18.2 Å². The van der Waals surface area contributed by atoms with Crippen molar-refractivity contribution in [3.63, 3.8) is 0 Å². The summed E-state index contributed by atoms with van der Waals surface area (Å²) >= 11 is 6.78. The number of aromatic amines is 1. The molecule has 0 aliphatic rings. The highest BCUT2D eigenvalue weighted by atomic mass is 35.5. The SMILES string of the molecule is CCc1cc(=O)[nH]c(-c2cccc(NS(=O)(=O)c3ccc(Cl)s3)c2)n1. The second kappa shape index (κ2) is 6.99. The van der Waals surface area contributed by atoms with Crippen molar-refractivity contribution in [3.05, 3.63) is 62.8 Å². The largest absolute Gasteiger partial charge is 0.307 e. The van der Waals surface area contributed by atoms with Crippen LogP contribution in [0.2, 0.25) is 4.34 Å². The highest BCUT2D eigenvalue weighted by Crippen LogP contribution is 2.28. The number of rotatable bonds is 5. The van der Waals surface area contributed by atoms with Gasteiger partial charge in [0.05, 0.1) is 4.34 Å². The molecular formula is C16H14ClN3O3S2. The van der Waals surface area contributed by atoms with Crippen LogP contribution in [0.25, 0.3) is 11.4 Å². The number of anilines is 1. The van der Waals surface area contributed by atoms with Gasteiger partial charge in [0.2, 0.25) is 0 Å². The summed E-state index contributed by atoms with van der Waals surface area (Å²) in [6.45, 7) is 1.91. The Kier molecular flexibility index (Phi) is 4.94. The Bertz CT molecular complexity index is 1070. The zero-order valence-electron chi connectivity index (χ0n) is 13.1. The van der Waals surface area contributed by atoms with Crippen LogP contribution in [0.5, 0.6) is 0 Å². The molecule has 0 bridgehead atoms. The van der Waals surface area contributed by atoms with Gasteiger partial charge in [-0.15, -0.1) is 11.3 Å². The average molecular weight is 396 g/mol. The van der Waals surface area contributed by atoms with Gasteiger partial charge in [-0.05, 0) is 30.7 Å². The van der Waals surface area contributed by atoms with Gasteiger partial charge in [0, 0.05) is 23.0 Å². The highest BCUT2D eigenvalue weighted by molar-refractivity contribution is 7.94. The number of benzene rings is 1. The minimum atomic E-state index is -3.72. The van der Waals surface area contributed by atoms with E-state index in [-0.39, 0.29) is 9.77 Å². The fourth-order valence-corrected chi connectivity index (χ4v) is 4.74. The molecule has 1 aromatic carbocycles. The summed E-state index contributed by atoms with van der Waals surface area (Å²) in [6.07, 6.45) is 0.627. The van der Waals surface area contributed by atoms with Crippen molar-refractivity contribution in [2.75, 3.05) is 4.72 Å². The maximum atomic E-state index is 12.4. The number of halogens is 1. The van der Waals surface area contributed by atoms with Crippen LogP contribution in [0, 0.1) is 0 Å². The van der Waals surface area contributed by atoms with Gasteiger partial charge < -0.3 is 4.98 Å². The Morgan fingerprint density at radius 3 is 2.72 bits per heavy atom. The van der Waals surface area contributed by atoms with Gasteiger partial charge in [-0.1, -0.05) is 30.7 Å². The molecule has 3 rings (SSSR count). The molecule has 0 saturated heterocycles. The van der Waals surface area contributed by atoms with E-state index in [1.54, 1.807) is 24.3 Å². The molecule has 0 saturated carbocycles. The summed E-state index contributed by atoms with van der Waals surface area (Å²) in [5.74, 6) is 0.393.